The molecule has 0 aliphatic heterocycles. The van der Waals surface area contributed by atoms with Crippen molar-refractivity contribution in [3.8, 4) is 0 Å². The molecule has 2 heteroatoms. The van der Waals surface area contributed by atoms with Crippen LogP contribution in [-0.4, -0.2) is 0 Å². The highest BCUT2D eigenvalue weighted by molar-refractivity contribution is 5.58. The van der Waals surface area contributed by atoms with Gasteiger partial charge in [0.05, 0.1) is 0 Å². The Morgan fingerprint density at radius 3 is 2.50 bits per heavy atom. The summed E-state index contributed by atoms with van der Waals surface area (Å²) in [5.41, 5.74) is 1.67. The molecule has 2 aromatic carbocycles. The standard InChI is InChI=1S/C12H9FN/c13-10-5-4-8-12(9-10)14-11-6-2-1-3-7-11/h2-9,14H. The van der Waals surface area contributed by atoms with Crippen LogP contribution < -0.4 is 5.32 Å². The van der Waals surface area contributed by atoms with E-state index in [9.17, 15) is 4.39 Å². The number of benzene rings is 2. The summed E-state index contributed by atoms with van der Waals surface area (Å²) >= 11 is 0. The van der Waals surface area contributed by atoms with Gasteiger partial charge in [-0.05, 0) is 36.4 Å². The molecule has 1 N–H and O–H groups in total. The van der Waals surface area contributed by atoms with Crippen molar-refractivity contribution in [3.05, 3.63) is 60.4 Å². The summed E-state index contributed by atoms with van der Waals surface area (Å²) in [5.74, 6) is -0.238. The van der Waals surface area contributed by atoms with Crippen molar-refractivity contribution in [2.45, 2.75) is 0 Å². The molecule has 0 unspecified atom stereocenters. The van der Waals surface area contributed by atoms with E-state index < -0.39 is 0 Å². The van der Waals surface area contributed by atoms with E-state index in [-0.39, 0.29) is 5.82 Å². The number of halogens is 1. The van der Waals surface area contributed by atoms with Gasteiger partial charge in [0.25, 0.3) is 0 Å². The molecule has 0 fully saturated rings. The van der Waals surface area contributed by atoms with Crippen molar-refractivity contribution in [2.75, 3.05) is 5.32 Å². The first-order valence-electron chi connectivity index (χ1n) is 4.33. The normalized spacial score (nSPS) is 9.79. The van der Waals surface area contributed by atoms with Gasteiger partial charge in [-0.15, -0.1) is 0 Å². The maximum absolute atomic E-state index is 12.8. The zero-order valence-corrected chi connectivity index (χ0v) is 7.50. The first kappa shape index (κ1) is 8.75. The van der Waals surface area contributed by atoms with Crippen LogP contribution in [0.15, 0.2) is 48.5 Å². The van der Waals surface area contributed by atoms with E-state index in [2.05, 4.69) is 11.4 Å². The van der Waals surface area contributed by atoms with E-state index in [0.29, 0.717) is 0 Å². The third-order valence-corrected chi connectivity index (χ3v) is 1.83. The first-order valence-corrected chi connectivity index (χ1v) is 4.33. The molecule has 0 aromatic heterocycles. The van der Waals surface area contributed by atoms with Gasteiger partial charge < -0.3 is 5.32 Å². The molecular weight excluding hydrogens is 177 g/mol. The molecule has 0 saturated carbocycles. The average molecular weight is 186 g/mol. The van der Waals surface area contributed by atoms with E-state index in [4.69, 9.17) is 0 Å². The summed E-state index contributed by atoms with van der Waals surface area (Å²) in [7, 11) is 0. The van der Waals surface area contributed by atoms with E-state index >= 15 is 0 Å². The summed E-state index contributed by atoms with van der Waals surface area (Å²) < 4.78 is 12.8. The van der Waals surface area contributed by atoms with E-state index in [0.717, 1.165) is 11.4 Å². The predicted molar refractivity (Wildman–Crippen MR) is 55.0 cm³/mol. The summed E-state index contributed by atoms with van der Waals surface area (Å²) in [6.45, 7) is 0. The zero-order chi connectivity index (χ0) is 9.80. The molecule has 1 radical (unpaired) electrons. The molecule has 0 bridgehead atoms. The highest BCUT2D eigenvalue weighted by Gasteiger charge is 1.94. The molecule has 2 aromatic rings. The van der Waals surface area contributed by atoms with Crippen molar-refractivity contribution in [1.29, 1.82) is 0 Å². The van der Waals surface area contributed by atoms with Crippen LogP contribution in [0.1, 0.15) is 0 Å². The average Bonchev–Trinajstić information content (AvgIpc) is 2.19. The lowest BCUT2D eigenvalue weighted by Crippen LogP contribution is -1.89. The third-order valence-electron chi connectivity index (χ3n) is 1.83. The molecule has 0 aliphatic carbocycles. The van der Waals surface area contributed by atoms with Crippen LogP contribution in [-0.2, 0) is 0 Å². The third kappa shape index (κ3) is 2.10. The van der Waals surface area contributed by atoms with Crippen LogP contribution in [0.3, 0.4) is 0 Å². The number of nitrogens with one attached hydrogen (secondary N) is 1. The van der Waals surface area contributed by atoms with Gasteiger partial charge in [-0.25, -0.2) is 4.39 Å². The Hall–Kier alpha value is -1.83. The lowest BCUT2D eigenvalue weighted by atomic mass is 10.2. The molecule has 69 valence electrons. The Morgan fingerprint density at radius 1 is 1.00 bits per heavy atom. The van der Waals surface area contributed by atoms with Crippen molar-refractivity contribution in [2.24, 2.45) is 0 Å². The van der Waals surface area contributed by atoms with Crippen LogP contribution in [0.4, 0.5) is 15.8 Å². The molecule has 0 aliphatic rings. The summed E-state index contributed by atoms with van der Waals surface area (Å²) in [4.78, 5) is 0. The Balaban J connectivity index is 2.19. The van der Waals surface area contributed by atoms with Gasteiger partial charge in [0.15, 0.2) is 0 Å². The van der Waals surface area contributed by atoms with E-state index in [1.807, 2.05) is 30.3 Å². The molecular formula is C12H9FN. The number of hydrogen-bond acceptors (Lipinski definition) is 1. The quantitative estimate of drug-likeness (QED) is 0.758. The fraction of sp³-hybridized carbons (Fsp3) is 0. The number of hydrogen-bond donors (Lipinski definition) is 1. The molecule has 0 saturated heterocycles. The minimum atomic E-state index is -0.238. The van der Waals surface area contributed by atoms with Crippen molar-refractivity contribution in [3.63, 3.8) is 0 Å². The number of rotatable bonds is 2. The molecule has 1 nitrogen and oxygen atoms in total. The van der Waals surface area contributed by atoms with Gasteiger partial charge in [0.1, 0.15) is 5.82 Å². The van der Waals surface area contributed by atoms with Crippen LogP contribution in [0, 0.1) is 11.9 Å². The largest absolute Gasteiger partial charge is 0.355 e. The lowest BCUT2D eigenvalue weighted by molar-refractivity contribution is 0.628. The monoisotopic (exact) mass is 186 g/mol. The SMILES string of the molecule is Fc1cccc(Nc2cc[c]cc2)c1. The van der Waals surface area contributed by atoms with E-state index in [1.165, 1.54) is 12.1 Å². The Kier molecular flexibility index (Phi) is 2.45. The second kappa shape index (κ2) is 3.92. The Bertz CT molecular complexity index is 412. The van der Waals surface area contributed by atoms with Gasteiger partial charge in [-0.3, -0.25) is 0 Å². The van der Waals surface area contributed by atoms with Gasteiger partial charge in [0.2, 0.25) is 0 Å². The number of anilines is 2. The maximum atomic E-state index is 12.8. The lowest BCUT2D eigenvalue weighted by Gasteiger charge is -2.05. The smallest absolute Gasteiger partial charge is 0.125 e. The molecule has 0 spiro atoms. The highest BCUT2D eigenvalue weighted by atomic mass is 19.1. The molecule has 0 amide bonds. The predicted octanol–water partition coefficient (Wildman–Crippen LogP) is 3.37. The Morgan fingerprint density at radius 2 is 1.79 bits per heavy atom. The summed E-state index contributed by atoms with van der Waals surface area (Å²) in [5, 5.41) is 3.08. The summed E-state index contributed by atoms with van der Waals surface area (Å²) in [6.07, 6.45) is 0. The van der Waals surface area contributed by atoms with Gasteiger partial charge in [-0.2, -0.15) is 0 Å². The summed E-state index contributed by atoms with van der Waals surface area (Å²) in [6, 6.07) is 16.7. The molecule has 0 heterocycles. The fourth-order valence-corrected chi connectivity index (χ4v) is 1.20. The van der Waals surface area contributed by atoms with Crippen LogP contribution in [0.5, 0.6) is 0 Å². The van der Waals surface area contributed by atoms with Crippen molar-refractivity contribution >= 4 is 11.4 Å². The Labute approximate surface area is 82.2 Å². The minimum absolute atomic E-state index is 0.238. The zero-order valence-electron chi connectivity index (χ0n) is 7.50. The highest BCUT2D eigenvalue weighted by Crippen LogP contribution is 2.16. The second-order valence-corrected chi connectivity index (χ2v) is 2.92. The van der Waals surface area contributed by atoms with E-state index in [1.54, 1.807) is 6.07 Å². The molecule has 14 heavy (non-hydrogen) atoms. The molecule has 2 rings (SSSR count). The van der Waals surface area contributed by atoms with Gasteiger partial charge >= 0.3 is 0 Å². The van der Waals surface area contributed by atoms with Crippen molar-refractivity contribution < 1.29 is 4.39 Å². The van der Waals surface area contributed by atoms with Crippen molar-refractivity contribution in [1.82, 2.24) is 0 Å². The van der Waals surface area contributed by atoms with Crippen LogP contribution in [0.2, 0.25) is 0 Å². The fourth-order valence-electron chi connectivity index (χ4n) is 1.20. The van der Waals surface area contributed by atoms with Crippen LogP contribution in [0.25, 0.3) is 0 Å². The second-order valence-electron chi connectivity index (χ2n) is 2.92. The van der Waals surface area contributed by atoms with Gasteiger partial charge in [0, 0.05) is 11.4 Å². The maximum Gasteiger partial charge on any atom is 0.125 e. The minimum Gasteiger partial charge on any atom is -0.355 e. The van der Waals surface area contributed by atoms with Crippen LogP contribution >= 0.6 is 0 Å². The van der Waals surface area contributed by atoms with Gasteiger partial charge in [-0.1, -0.05) is 18.2 Å². The molecule has 0 atom stereocenters. The first-order chi connectivity index (χ1) is 6.84. The topological polar surface area (TPSA) is 12.0 Å².